The molecule has 1 amide bonds. The number of ketones is 1. The second-order valence-electron chi connectivity index (χ2n) is 3.81. The van der Waals surface area contributed by atoms with Crippen LogP contribution in [0.5, 0.6) is 0 Å². The summed E-state index contributed by atoms with van der Waals surface area (Å²) in [5, 5.41) is 0. The Morgan fingerprint density at radius 3 is 2.71 bits per heavy atom. The van der Waals surface area contributed by atoms with Gasteiger partial charge in [0, 0.05) is 18.8 Å². The molecule has 0 spiro atoms. The molecule has 0 N–H and O–H groups in total. The van der Waals surface area contributed by atoms with E-state index in [1.807, 2.05) is 6.92 Å². The highest BCUT2D eigenvalue weighted by molar-refractivity contribution is 6.18. The zero-order valence-corrected chi connectivity index (χ0v) is 9.38. The molecular formula is C10H16ClNO2. The minimum absolute atomic E-state index is 0.0658. The van der Waals surface area contributed by atoms with Gasteiger partial charge in [0.1, 0.15) is 0 Å². The van der Waals surface area contributed by atoms with Crippen LogP contribution in [0.3, 0.4) is 0 Å². The molecule has 80 valence electrons. The van der Waals surface area contributed by atoms with E-state index in [0.29, 0.717) is 25.3 Å². The number of carbonyl (C=O) groups is 2. The number of likely N-dealkylation sites (tertiary alicyclic amines) is 1. The summed E-state index contributed by atoms with van der Waals surface area (Å²) in [5.41, 5.74) is 0. The summed E-state index contributed by atoms with van der Waals surface area (Å²) in [6, 6.07) is -0.240. The van der Waals surface area contributed by atoms with Crippen LogP contribution in [0.15, 0.2) is 0 Å². The second kappa shape index (κ2) is 4.78. The topological polar surface area (TPSA) is 37.4 Å². The van der Waals surface area contributed by atoms with E-state index in [0.717, 1.165) is 0 Å². The Kier molecular flexibility index (Phi) is 3.93. The van der Waals surface area contributed by atoms with Crippen molar-refractivity contribution in [2.75, 3.05) is 12.4 Å². The van der Waals surface area contributed by atoms with E-state index >= 15 is 0 Å². The largest absolute Gasteiger partial charge is 0.332 e. The van der Waals surface area contributed by atoms with E-state index in [1.54, 1.807) is 4.90 Å². The minimum atomic E-state index is -0.240. The van der Waals surface area contributed by atoms with Crippen molar-refractivity contribution < 1.29 is 9.59 Å². The van der Waals surface area contributed by atoms with Crippen molar-refractivity contribution in [1.82, 2.24) is 4.90 Å². The van der Waals surface area contributed by atoms with Crippen LogP contribution in [0.2, 0.25) is 0 Å². The smallest absolute Gasteiger partial charge is 0.223 e. The predicted octanol–water partition coefficient (Wildman–Crippen LogP) is 1.44. The van der Waals surface area contributed by atoms with Gasteiger partial charge in [0.25, 0.3) is 0 Å². The molecule has 0 saturated carbocycles. The first-order valence-corrected chi connectivity index (χ1v) is 5.49. The Labute approximate surface area is 89.4 Å². The molecule has 4 heteroatoms. The molecule has 1 heterocycles. The van der Waals surface area contributed by atoms with Crippen molar-refractivity contribution in [1.29, 1.82) is 0 Å². The molecule has 2 atom stereocenters. The number of carbonyl (C=O) groups excluding carboxylic acids is 2. The van der Waals surface area contributed by atoms with Gasteiger partial charge >= 0.3 is 0 Å². The van der Waals surface area contributed by atoms with Crippen LogP contribution in [-0.2, 0) is 9.59 Å². The maximum absolute atomic E-state index is 11.6. The third-order valence-corrected chi connectivity index (χ3v) is 3.13. The molecule has 0 bridgehead atoms. The molecule has 1 aliphatic rings. The van der Waals surface area contributed by atoms with Crippen molar-refractivity contribution in [3.05, 3.63) is 0 Å². The number of rotatable bonds is 4. The van der Waals surface area contributed by atoms with Gasteiger partial charge in [-0.3, -0.25) is 9.59 Å². The van der Waals surface area contributed by atoms with E-state index < -0.39 is 0 Å². The highest BCUT2D eigenvalue weighted by Gasteiger charge is 2.34. The highest BCUT2D eigenvalue weighted by atomic mass is 35.5. The fourth-order valence-electron chi connectivity index (χ4n) is 1.94. The van der Waals surface area contributed by atoms with Gasteiger partial charge in [0.2, 0.25) is 5.91 Å². The molecule has 0 aromatic heterocycles. The first kappa shape index (κ1) is 11.5. The van der Waals surface area contributed by atoms with E-state index in [-0.39, 0.29) is 23.7 Å². The lowest BCUT2D eigenvalue weighted by molar-refractivity contribution is -0.135. The summed E-state index contributed by atoms with van der Waals surface area (Å²) in [6.07, 6.45) is 1.18. The van der Waals surface area contributed by atoms with Crippen molar-refractivity contribution in [3.8, 4) is 0 Å². The highest BCUT2D eigenvalue weighted by Crippen LogP contribution is 2.22. The quantitative estimate of drug-likeness (QED) is 0.669. The Morgan fingerprint density at radius 1 is 1.71 bits per heavy atom. The van der Waals surface area contributed by atoms with E-state index in [4.69, 9.17) is 11.6 Å². The van der Waals surface area contributed by atoms with Crippen LogP contribution in [-0.4, -0.2) is 35.1 Å². The Morgan fingerprint density at radius 2 is 2.36 bits per heavy atom. The van der Waals surface area contributed by atoms with Gasteiger partial charge < -0.3 is 4.90 Å². The first-order valence-electron chi connectivity index (χ1n) is 4.96. The van der Waals surface area contributed by atoms with Crippen LogP contribution < -0.4 is 0 Å². The molecule has 2 unspecified atom stereocenters. The third kappa shape index (κ3) is 2.27. The predicted molar refractivity (Wildman–Crippen MR) is 55.3 cm³/mol. The molecule has 1 fully saturated rings. The van der Waals surface area contributed by atoms with Crippen molar-refractivity contribution >= 4 is 23.3 Å². The number of Topliss-reactive ketones (excluding diaryl/α,β-unsaturated/α-hetero) is 1. The molecule has 14 heavy (non-hydrogen) atoms. The molecule has 0 aromatic carbocycles. The maximum atomic E-state index is 11.6. The monoisotopic (exact) mass is 217 g/mol. The van der Waals surface area contributed by atoms with Crippen LogP contribution in [0.4, 0.5) is 0 Å². The Hall–Kier alpha value is -0.570. The summed E-state index contributed by atoms with van der Waals surface area (Å²) >= 11 is 5.70. The Balaban J connectivity index is 2.68. The molecule has 3 nitrogen and oxygen atoms in total. The lowest BCUT2D eigenvalue weighted by Crippen LogP contribution is -2.40. The zero-order chi connectivity index (χ0) is 10.7. The molecule has 0 aliphatic carbocycles. The summed E-state index contributed by atoms with van der Waals surface area (Å²) in [4.78, 5) is 24.5. The van der Waals surface area contributed by atoms with E-state index in [1.165, 1.54) is 6.92 Å². The fourth-order valence-corrected chi connectivity index (χ4v) is 2.15. The molecule has 0 aromatic rings. The number of hydrogen-bond acceptors (Lipinski definition) is 2. The second-order valence-corrected chi connectivity index (χ2v) is 4.11. The molecule has 0 radical (unpaired) electrons. The third-order valence-electron chi connectivity index (χ3n) is 2.69. The summed E-state index contributed by atoms with van der Waals surface area (Å²) < 4.78 is 0. The van der Waals surface area contributed by atoms with Crippen LogP contribution in [0, 0.1) is 5.92 Å². The standard InChI is InChI=1S/C10H16ClNO2/c1-3-9(7(2)13)12-6-8(5-11)4-10(12)14/h8-9H,3-6H2,1-2H3. The van der Waals surface area contributed by atoms with Crippen molar-refractivity contribution in [2.45, 2.75) is 32.7 Å². The van der Waals surface area contributed by atoms with Gasteiger partial charge in [-0.2, -0.15) is 0 Å². The molecule has 1 rings (SSSR count). The SMILES string of the molecule is CCC(C(C)=O)N1CC(CCl)CC1=O. The molecule has 1 saturated heterocycles. The normalized spacial score (nSPS) is 24.1. The van der Waals surface area contributed by atoms with Gasteiger partial charge in [0.15, 0.2) is 5.78 Å². The summed E-state index contributed by atoms with van der Waals surface area (Å²) in [5.74, 6) is 0.850. The van der Waals surface area contributed by atoms with E-state index in [2.05, 4.69) is 0 Å². The molecular weight excluding hydrogens is 202 g/mol. The van der Waals surface area contributed by atoms with E-state index in [9.17, 15) is 9.59 Å². The number of nitrogens with zero attached hydrogens (tertiary/aromatic N) is 1. The number of halogens is 1. The maximum Gasteiger partial charge on any atom is 0.223 e. The average molecular weight is 218 g/mol. The average Bonchev–Trinajstić information content (AvgIpc) is 2.48. The van der Waals surface area contributed by atoms with Gasteiger partial charge in [-0.25, -0.2) is 0 Å². The van der Waals surface area contributed by atoms with Gasteiger partial charge in [-0.05, 0) is 19.3 Å². The van der Waals surface area contributed by atoms with Crippen LogP contribution in [0.25, 0.3) is 0 Å². The van der Waals surface area contributed by atoms with Crippen LogP contribution in [0.1, 0.15) is 26.7 Å². The Bertz CT molecular complexity index is 242. The summed E-state index contributed by atoms with van der Waals surface area (Å²) in [6.45, 7) is 4.10. The van der Waals surface area contributed by atoms with Crippen LogP contribution >= 0.6 is 11.6 Å². The van der Waals surface area contributed by atoms with Gasteiger partial charge in [-0.15, -0.1) is 11.6 Å². The minimum Gasteiger partial charge on any atom is -0.332 e. The lowest BCUT2D eigenvalue weighted by atomic mass is 10.1. The lowest BCUT2D eigenvalue weighted by Gasteiger charge is -2.24. The van der Waals surface area contributed by atoms with Gasteiger partial charge in [0.05, 0.1) is 6.04 Å². The fraction of sp³-hybridized carbons (Fsp3) is 0.800. The summed E-state index contributed by atoms with van der Waals surface area (Å²) in [7, 11) is 0. The van der Waals surface area contributed by atoms with Crippen molar-refractivity contribution in [3.63, 3.8) is 0 Å². The van der Waals surface area contributed by atoms with Gasteiger partial charge in [-0.1, -0.05) is 6.92 Å². The zero-order valence-electron chi connectivity index (χ0n) is 8.62. The number of hydrogen-bond donors (Lipinski definition) is 0. The van der Waals surface area contributed by atoms with Crippen molar-refractivity contribution in [2.24, 2.45) is 5.92 Å². The first-order chi connectivity index (χ1) is 6.60. The molecule has 1 aliphatic heterocycles. The number of alkyl halides is 1. The number of amides is 1.